The summed E-state index contributed by atoms with van der Waals surface area (Å²) >= 11 is 3.35. The number of pyridine rings is 1. The number of nitrogens with zero attached hydrogens (tertiary/aromatic N) is 1. The fraction of sp³-hybridized carbons (Fsp3) is 0.235. The SMILES string of the molecule is C[C@@H](NC(=O)COC(=O)Cn1ccccc1=O)c1ccc(Br)cc1. The van der Waals surface area contributed by atoms with E-state index < -0.39 is 11.9 Å². The van der Waals surface area contributed by atoms with E-state index in [4.69, 9.17) is 4.74 Å². The molecule has 0 aliphatic rings. The van der Waals surface area contributed by atoms with Gasteiger partial charge in [-0.25, -0.2) is 0 Å². The zero-order valence-corrected chi connectivity index (χ0v) is 14.7. The van der Waals surface area contributed by atoms with Crippen LogP contribution < -0.4 is 10.9 Å². The quantitative estimate of drug-likeness (QED) is 0.762. The number of esters is 1. The number of hydrogen-bond acceptors (Lipinski definition) is 4. The van der Waals surface area contributed by atoms with Gasteiger partial charge in [-0.1, -0.05) is 34.1 Å². The summed E-state index contributed by atoms with van der Waals surface area (Å²) in [5.74, 6) is -1.05. The number of ether oxygens (including phenoxy) is 1. The minimum atomic E-state index is -0.644. The highest BCUT2D eigenvalue weighted by molar-refractivity contribution is 9.10. The Kier molecular flexibility index (Phi) is 6.31. The van der Waals surface area contributed by atoms with E-state index >= 15 is 0 Å². The molecule has 0 saturated carbocycles. The van der Waals surface area contributed by atoms with Gasteiger partial charge in [-0.05, 0) is 30.7 Å². The van der Waals surface area contributed by atoms with Gasteiger partial charge in [0.25, 0.3) is 11.5 Å². The summed E-state index contributed by atoms with van der Waals surface area (Å²) in [6, 6.07) is 11.9. The van der Waals surface area contributed by atoms with E-state index in [9.17, 15) is 14.4 Å². The van der Waals surface area contributed by atoms with E-state index in [0.29, 0.717) is 0 Å². The normalized spacial score (nSPS) is 11.6. The van der Waals surface area contributed by atoms with Gasteiger partial charge in [0.2, 0.25) is 0 Å². The van der Waals surface area contributed by atoms with Crippen molar-refractivity contribution < 1.29 is 14.3 Å². The van der Waals surface area contributed by atoms with Gasteiger partial charge in [-0.3, -0.25) is 14.4 Å². The van der Waals surface area contributed by atoms with Crippen LogP contribution in [-0.2, 0) is 20.9 Å². The van der Waals surface area contributed by atoms with Crippen molar-refractivity contribution in [3.63, 3.8) is 0 Å². The number of carbonyl (C=O) groups is 2. The average Bonchev–Trinajstić information content (AvgIpc) is 2.55. The molecule has 0 aliphatic carbocycles. The average molecular weight is 393 g/mol. The zero-order valence-electron chi connectivity index (χ0n) is 13.1. The van der Waals surface area contributed by atoms with Crippen LogP contribution in [0.2, 0.25) is 0 Å². The number of benzene rings is 1. The molecule has 2 aromatic rings. The Morgan fingerprint density at radius 1 is 1.21 bits per heavy atom. The van der Waals surface area contributed by atoms with Crippen molar-refractivity contribution in [3.05, 3.63) is 69.1 Å². The van der Waals surface area contributed by atoms with Crippen LogP contribution in [0.1, 0.15) is 18.5 Å². The lowest BCUT2D eigenvalue weighted by Crippen LogP contribution is -2.32. The minimum absolute atomic E-state index is 0.207. The summed E-state index contributed by atoms with van der Waals surface area (Å²) in [6.45, 7) is 1.23. The highest BCUT2D eigenvalue weighted by atomic mass is 79.9. The molecule has 0 saturated heterocycles. The number of aromatic nitrogens is 1. The van der Waals surface area contributed by atoms with Crippen molar-refractivity contribution in [1.82, 2.24) is 9.88 Å². The van der Waals surface area contributed by atoms with Gasteiger partial charge in [-0.15, -0.1) is 0 Å². The van der Waals surface area contributed by atoms with Crippen LogP contribution in [0.15, 0.2) is 57.9 Å². The third kappa shape index (κ3) is 5.34. The van der Waals surface area contributed by atoms with Crippen LogP contribution in [0, 0.1) is 0 Å². The van der Waals surface area contributed by atoms with Gasteiger partial charge in [-0.2, -0.15) is 0 Å². The lowest BCUT2D eigenvalue weighted by Gasteiger charge is -2.14. The number of halogens is 1. The first-order chi connectivity index (χ1) is 11.5. The molecule has 1 amide bonds. The molecule has 0 fully saturated rings. The fourth-order valence-electron chi connectivity index (χ4n) is 2.04. The molecule has 1 N–H and O–H groups in total. The molecule has 0 aliphatic heterocycles. The summed E-state index contributed by atoms with van der Waals surface area (Å²) in [5.41, 5.74) is 0.636. The first-order valence-corrected chi connectivity index (χ1v) is 8.11. The van der Waals surface area contributed by atoms with Crippen molar-refractivity contribution >= 4 is 27.8 Å². The summed E-state index contributed by atoms with van der Waals surface area (Å²) < 4.78 is 7.07. The molecule has 126 valence electrons. The summed E-state index contributed by atoms with van der Waals surface area (Å²) in [4.78, 5) is 35.0. The molecular formula is C17H17BrN2O4. The Labute approximate surface area is 147 Å². The number of carbonyl (C=O) groups excluding carboxylic acids is 2. The maximum absolute atomic E-state index is 11.9. The van der Waals surface area contributed by atoms with Crippen molar-refractivity contribution in [2.24, 2.45) is 0 Å². The first kappa shape index (κ1) is 17.9. The van der Waals surface area contributed by atoms with Crippen molar-refractivity contribution in [2.45, 2.75) is 19.5 Å². The predicted molar refractivity (Wildman–Crippen MR) is 92.4 cm³/mol. The van der Waals surface area contributed by atoms with Gasteiger partial charge in [0.05, 0.1) is 6.04 Å². The Hall–Kier alpha value is -2.41. The van der Waals surface area contributed by atoms with Gasteiger partial charge in [0.1, 0.15) is 6.54 Å². The molecule has 1 heterocycles. The van der Waals surface area contributed by atoms with Crippen molar-refractivity contribution in [2.75, 3.05) is 6.61 Å². The molecular weight excluding hydrogens is 376 g/mol. The molecule has 7 heteroatoms. The Morgan fingerprint density at radius 2 is 1.92 bits per heavy atom. The van der Waals surface area contributed by atoms with Crippen LogP contribution in [-0.4, -0.2) is 23.1 Å². The second-order valence-corrected chi connectivity index (χ2v) is 6.08. The standard InChI is InChI=1S/C17H17BrN2O4/c1-12(13-5-7-14(18)8-6-13)19-15(21)11-24-17(23)10-20-9-3-2-4-16(20)22/h2-9,12H,10-11H2,1H3,(H,19,21)/t12-/m1/s1. The predicted octanol–water partition coefficient (Wildman–Crippen LogP) is 2.03. The van der Waals surface area contributed by atoms with Gasteiger partial charge >= 0.3 is 5.97 Å². The monoisotopic (exact) mass is 392 g/mol. The Morgan fingerprint density at radius 3 is 2.58 bits per heavy atom. The minimum Gasteiger partial charge on any atom is -0.454 e. The Balaban J connectivity index is 1.80. The van der Waals surface area contributed by atoms with Crippen LogP contribution in [0.4, 0.5) is 0 Å². The molecule has 0 bridgehead atoms. The van der Waals surface area contributed by atoms with Crippen LogP contribution in [0.5, 0.6) is 0 Å². The van der Waals surface area contributed by atoms with E-state index in [1.807, 2.05) is 31.2 Å². The summed E-state index contributed by atoms with van der Waals surface area (Å²) in [7, 11) is 0. The summed E-state index contributed by atoms with van der Waals surface area (Å²) in [6.07, 6.45) is 1.49. The molecule has 0 radical (unpaired) electrons. The summed E-state index contributed by atoms with van der Waals surface area (Å²) in [5, 5.41) is 2.75. The third-order valence-corrected chi connectivity index (χ3v) is 3.84. The molecule has 2 rings (SSSR count). The second kappa shape index (κ2) is 8.44. The van der Waals surface area contributed by atoms with E-state index in [1.54, 1.807) is 12.1 Å². The van der Waals surface area contributed by atoms with Crippen molar-refractivity contribution in [1.29, 1.82) is 0 Å². The maximum Gasteiger partial charge on any atom is 0.326 e. The van der Waals surface area contributed by atoms with E-state index in [2.05, 4.69) is 21.2 Å². The van der Waals surface area contributed by atoms with Crippen LogP contribution >= 0.6 is 15.9 Å². The van der Waals surface area contributed by atoms with E-state index in [0.717, 1.165) is 10.0 Å². The molecule has 1 atom stereocenters. The smallest absolute Gasteiger partial charge is 0.326 e. The Bertz CT molecular complexity index is 771. The molecule has 1 aromatic heterocycles. The van der Waals surface area contributed by atoms with Gasteiger partial charge in [0.15, 0.2) is 6.61 Å². The molecule has 6 nitrogen and oxygen atoms in total. The second-order valence-electron chi connectivity index (χ2n) is 5.17. The highest BCUT2D eigenvalue weighted by Crippen LogP contribution is 2.16. The molecule has 24 heavy (non-hydrogen) atoms. The van der Waals surface area contributed by atoms with Gasteiger partial charge < -0.3 is 14.6 Å². The molecule has 0 spiro atoms. The van der Waals surface area contributed by atoms with Gasteiger partial charge in [0, 0.05) is 16.7 Å². The van der Waals surface area contributed by atoms with Crippen LogP contribution in [0.3, 0.4) is 0 Å². The topological polar surface area (TPSA) is 77.4 Å². The number of rotatable bonds is 6. The lowest BCUT2D eigenvalue weighted by atomic mass is 10.1. The first-order valence-electron chi connectivity index (χ1n) is 7.31. The van der Waals surface area contributed by atoms with Crippen LogP contribution in [0.25, 0.3) is 0 Å². The molecule has 0 unspecified atom stereocenters. The fourth-order valence-corrected chi connectivity index (χ4v) is 2.30. The van der Waals surface area contributed by atoms with E-state index in [1.165, 1.54) is 16.8 Å². The third-order valence-electron chi connectivity index (χ3n) is 3.31. The highest BCUT2D eigenvalue weighted by Gasteiger charge is 2.12. The van der Waals surface area contributed by atoms with E-state index in [-0.39, 0.29) is 24.8 Å². The number of nitrogens with one attached hydrogen (secondary N) is 1. The molecule has 1 aromatic carbocycles. The van der Waals surface area contributed by atoms with Crippen molar-refractivity contribution in [3.8, 4) is 0 Å². The largest absolute Gasteiger partial charge is 0.454 e. The maximum atomic E-state index is 11.9. The lowest BCUT2D eigenvalue weighted by molar-refractivity contribution is -0.149. The number of amides is 1. The number of hydrogen-bond donors (Lipinski definition) is 1. The zero-order chi connectivity index (χ0) is 17.5.